The maximum absolute atomic E-state index is 4.54. The molecule has 1 aliphatic carbocycles. The number of hydrogen-bond acceptors (Lipinski definition) is 4. The molecule has 1 unspecified atom stereocenters. The van der Waals surface area contributed by atoms with Gasteiger partial charge < -0.3 is 0 Å². The van der Waals surface area contributed by atoms with Gasteiger partial charge in [-0.3, -0.25) is 0 Å². The second-order valence-electron chi connectivity index (χ2n) is 4.83. The van der Waals surface area contributed by atoms with Crippen LogP contribution in [0.25, 0.3) is 11.0 Å². The molecule has 0 bridgehead atoms. The first-order valence-corrected chi connectivity index (χ1v) is 8.87. The van der Waals surface area contributed by atoms with Gasteiger partial charge in [0.25, 0.3) is 0 Å². The number of hydrogen-bond donors (Lipinski definition) is 1. The topological polar surface area (TPSA) is 37.8 Å². The minimum atomic E-state index is 0.0419. The molecule has 19 heavy (non-hydrogen) atoms. The summed E-state index contributed by atoms with van der Waals surface area (Å²) in [6.45, 7) is 0. The zero-order valence-electron chi connectivity index (χ0n) is 10.3. The van der Waals surface area contributed by atoms with Gasteiger partial charge in [-0.15, -0.1) is 0 Å². The molecule has 0 radical (unpaired) electrons. The average molecular weight is 334 g/mol. The molecule has 0 spiro atoms. The summed E-state index contributed by atoms with van der Waals surface area (Å²) < 4.78 is 8.99. The molecule has 3 nitrogen and oxygen atoms in total. The number of nitrogens with one attached hydrogen (secondary N) is 1. The van der Waals surface area contributed by atoms with Crippen molar-refractivity contribution in [2.45, 2.75) is 25.3 Å². The van der Waals surface area contributed by atoms with Crippen LogP contribution < -0.4 is 5.32 Å². The average Bonchev–Trinajstić information content (AvgIpc) is 3.08. The molecule has 5 heteroatoms. The third-order valence-corrected chi connectivity index (χ3v) is 5.80. The Hall–Kier alpha value is -1.16. The molecule has 0 aliphatic heterocycles. The first-order chi connectivity index (χ1) is 9.42. The van der Waals surface area contributed by atoms with Gasteiger partial charge in [0.2, 0.25) is 0 Å². The Balaban J connectivity index is 1.71. The van der Waals surface area contributed by atoms with Crippen LogP contribution in [0.1, 0.15) is 29.3 Å². The maximum atomic E-state index is 4.54. The van der Waals surface area contributed by atoms with Gasteiger partial charge in [0, 0.05) is 0 Å². The van der Waals surface area contributed by atoms with E-state index in [9.17, 15) is 0 Å². The van der Waals surface area contributed by atoms with E-state index in [4.69, 9.17) is 0 Å². The SMILES string of the molecule is c1cc(NC2CCCc3sccc32)c2n[se]nc2c1. The van der Waals surface area contributed by atoms with E-state index in [1.165, 1.54) is 24.8 Å². The Morgan fingerprint density at radius 1 is 1.26 bits per heavy atom. The molecular formula is C14H13N3SSe. The molecule has 4 rings (SSSR count). The second-order valence-corrected chi connectivity index (χ2v) is 6.94. The first-order valence-electron chi connectivity index (χ1n) is 6.46. The summed E-state index contributed by atoms with van der Waals surface area (Å²) in [4.78, 5) is 1.54. The summed E-state index contributed by atoms with van der Waals surface area (Å²) in [6.07, 6.45) is 3.71. The Labute approximate surface area is 121 Å². The van der Waals surface area contributed by atoms with Gasteiger partial charge in [-0.25, -0.2) is 0 Å². The van der Waals surface area contributed by atoms with E-state index in [2.05, 4.69) is 42.9 Å². The van der Waals surface area contributed by atoms with Gasteiger partial charge in [-0.1, -0.05) is 0 Å². The molecule has 0 amide bonds. The summed E-state index contributed by atoms with van der Waals surface area (Å²) >= 11 is 1.93. The summed E-state index contributed by atoms with van der Waals surface area (Å²) in [6, 6.07) is 8.95. The van der Waals surface area contributed by atoms with Crippen LogP contribution in [0.5, 0.6) is 0 Å². The van der Waals surface area contributed by atoms with Crippen LogP contribution in [-0.2, 0) is 6.42 Å². The van der Waals surface area contributed by atoms with Crippen molar-refractivity contribution in [2.75, 3.05) is 5.32 Å². The third kappa shape index (κ3) is 2.02. The van der Waals surface area contributed by atoms with Gasteiger partial charge in [-0.05, 0) is 0 Å². The van der Waals surface area contributed by atoms with Crippen LogP contribution in [0.4, 0.5) is 5.69 Å². The van der Waals surface area contributed by atoms with Crippen molar-refractivity contribution in [1.29, 1.82) is 0 Å². The Morgan fingerprint density at radius 3 is 3.26 bits per heavy atom. The molecule has 2 aromatic heterocycles. The van der Waals surface area contributed by atoms with Crippen LogP contribution in [0.2, 0.25) is 0 Å². The molecule has 3 aromatic rings. The van der Waals surface area contributed by atoms with E-state index in [-0.39, 0.29) is 15.0 Å². The van der Waals surface area contributed by atoms with Gasteiger partial charge in [-0.2, -0.15) is 0 Å². The zero-order chi connectivity index (χ0) is 12.7. The predicted molar refractivity (Wildman–Crippen MR) is 80.1 cm³/mol. The molecule has 1 N–H and O–H groups in total. The first kappa shape index (κ1) is 11.6. The standard InChI is InChI=1S/C14H13N3SSe/c1-4-11(14-12(5-1)16-19-17-14)15-10-3-2-6-13-9(10)7-8-18-13/h1,4-5,7-8,10,15H,2-3,6H2. The molecule has 2 heterocycles. The Kier molecular flexibility index (Phi) is 2.91. The summed E-state index contributed by atoms with van der Waals surface area (Å²) in [7, 11) is 0. The van der Waals surface area contributed by atoms with Crippen LogP contribution in [0.3, 0.4) is 0 Å². The molecule has 1 aromatic carbocycles. The summed E-state index contributed by atoms with van der Waals surface area (Å²) in [5.74, 6) is 0. The molecule has 96 valence electrons. The van der Waals surface area contributed by atoms with Crippen LogP contribution in [0, 0.1) is 0 Å². The zero-order valence-corrected chi connectivity index (χ0v) is 12.8. The van der Waals surface area contributed by atoms with Crippen molar-refractivity contribution in [3.05, 3.63) is 40.1 Å². The van der Waals surface area contributed by atoms with Crippen LogP contribution in [-0.4, -0.2) is 22.9 Å². The van der Waals surface area contributed by atoms with E-state index in [1.54, 1.807) is 4.88 Å². The fraction of sp³-hybridized carbons (Fsp3) is 0.286. The van der Waals surface area contributed by atoms with E-state index in [0.717, 1.165) is 16.7 Å². The van der Waals surface area contributed by atoms with E-state index < -0.39 is 0 Å². The van der Waals surface area contributed by atoms with Crippen molar-refractivity contribution in [1.82, 2.24) is 7.96 Å². The van der Waals surface area contributed by atoms with E-state index in [1.807, 2.05) is 11.3 Å². The number of fused-ring (bicyclic) bond motifs is 2. The normalized spacial score (nSPS) is 18.4. The van der Waals surface area contributed by atoms with Crippen LogP contribution in [0.15, 0.2) is 29.6 Å². The predicted octanol–water partition coefficient (Wildman–Crippen LogP) is 3.24. The van der Waals surface area contributed by atoms with E-state index in [0.29, 0.717) is 6.04 Å². The van der Waals surface area contributed by atoms with Crippen molar-refractivity contribution in [3.63, 3.8) is 0 Å². The monoisotopic (exact) mass is 335 g/mol. The van der Waals surface area contributed by atoms with Crippen molar-refractivity contribution in [3.8, 4) is 0 Å². The molecule has 0 saturated heterocycles. The van der Waals surface area contributed by atoms with E-state index >= 15 is 0 Å². The number of benzene rings is 1. The number of anilines is 1. The second kappa shape index (κ2) is 4.74. The minimum absolute atomic E-state index is 0.0419. The number of aryl methyl sites for hydroxylation is 1. The van der Waals surface area contributed by atoms with Crippen LogP contribution >= 0.6 is 11.3 Å². The molecular weight excluding hydrogens is 321 g/mol. The van der Waals surface area contributed by atoms with Gasteiger partial charge in [0.15, 0.2) is 0 Å². The molecule has 0 fully saturated rings. The quantitative estimate of drug-likeness (QED) is 0.731. The molecule has 1 atom stereocenters. The van der Waals surface area contributed by atoms with Crippen molar-refractivity contribution in [2.24, 2.45) is 0 Å². The summed E-state index contributed by atoms with van der Waals surface area (Å²) in [5, 5.41) is 5.90. The number of rotatable bonds is 2. The van der Waals surface area contributed by atoms with Gasteiger partial charge in [0.1, 0.15) is 0 Å². The third-order valence-electron chi connectivity index (χ3n) is 3.67. The Bertz CT molecular complexity index is 718. The van der Waals surface area contributed by atoms with Crippen molar-refractivity contribution >= 4 is 43.0 Å². The summed E-state index contributed by atoms with van der Waals surface area (Å²) in [5.41, 5.74) is 4.73. The van der Waals surface area contributed by atoms with Gasteiger partial charge >= 0.3 is 122 Å². The van der Waals surface area contributed by atoms with Gasteiger partial charge in [0.05, 0.1) is 0 Å². The fourth-order valence-electron chi connectivity index (χ4n) is 2.75. The number of nitrogens with zero attached hydrogens (tertiary/aromatic N) is 2. The fourth-order valence-corrected chi connectivity index (χ4v) is 4.89. The number of thiophene rings is 1. The van der Waals surface area contributed by atoms with Crippen molar-refractivity contribution < 1.29 is 0 Å². The molecule has 0 saturated carbocycles. The molecule has 1 aliphatic rings. The Morgan fingerprint density at radius 2 is 2.26 bits per heavy atom. The number of aromatic nitrogens is 2.